The van der Waals surface area contributed by atoms with Crippen LogP contribution in [0.15, 0.2) is 109 Å². The fraction of sp³-hybridized carbons (Fsp3) is 0.189. The molecule has 4 aromatic rings. The van der Waals surface area contributed by atoms with E-state index in [0.29, 0.717) is 16.9 Å². The Morgan fingerprint density at radius 3 is 2.04 bits per heavy atom. The van der Waals surface area contributed by atoms with E-state index in [2.05, 4.69) is 33.1 Å². The zero-order chi connectivity index (χ0) is 32.7. The molecule has 1 aliphatic carbocycles. The van der Waals surface area contributed by atoms with Crippen molar-refractivity contribution in [2.75, 3.05) is 4.90 Å². The highest BCUT2D eigenvalue weighted by Gasteiger charge is 2.38. The first-order valence-corrected chi connectivity index (χ1v) is 14.2. The summed E-state index contributed by atoms with van der Waals surface area (Å²) in [5.74, 6) is -1.61. The van der Waals surface area contributed by atoms with Crippen LogP contribution in [0, 0.1) is 0 Å². The van der Waals surface area contributed by atoms with E-state index >= 15 is 0 Å². The molecule has 0 saturated heterocycles. The standard InChI is InChI=1S/C37H32F3NO4/c1-22(2)34(42)44-21-24-11-13-25(14-12-24)41(33-18-16-27(45-35(43)23(3)4)20-32(33)37(38,39)40)26-15-17-29-28-9-7-8-10-30(28)36(5,6)31(29)19-26/h7-20H,1,3,21H2,2,4-6H3. The van der Waals surface area contributed by atoms with Crippen molar-refractivity contribution in [1.29, 1.82) is 0 Å². The van der Waals surface area contributed by atoms with E-state index in [1.807, 2.05) is 30.3 Å². The number of carbonyl (C=O) groups excluding carboxylic acids is 2. The van der Waals surface area contributed by atoms with Crippen LogP contribution in [0.3, 0.4) is 0 Å². The van der Waals surface area contributed by atoms with Gasteiger partial charge in [-0.2, -0.15) is 13.2 Å². The number of hydrogen-bond acceptors (Lipinski definition) is 5. The van der Waals surface area contributed by atoms with E-state index in [0.717, 1.165) is 28.3 Å². The number of esters is 2. The molecule has 5 nitrogen and oxygen atoms in total. The molecule has 8 heteroatoms. The normalized spacial score (nSPS) is 13.0. The number of rotatable bonds is 8. The van der Waals surface area contributed by atoms with Crippen molar-refractivity contribution in [3.05, 3.63) is 131 Å². The Labute approximate surface area is 260 Å². The Hall–Kier alpha value is -5.11. The molecule has 45 heavy (non-hydrogen) atoms. The maximum atomic E-state index is 14.7. The van der Waals surface area contributed by atoms with Crippen molar-refractivity contribution < 1.29 is 32.2 Å². The Balaban J connectivity index is 1.65. The second kappa shape index (κ2) is 11.8. The van der Waals surface area contributed by atoms with Crippen LogP contribution in [0.5, 0.6) is 5.75 Å². The van der Waals surface area contributed by atoms with Gasteiger partial charge >= 0.3 is 18.1 Å². The second-order valence-corrected chi connectivity index (χ2v) is 11.6. The fourth-order valence-corrected chi connectivity index (χ4v) is 5.47. The van der Waals surface area contributed by atoms with Crippen molar-refractivity contribution in [2.45, 2.75) is 45.9 Å². The molecule has 0 heterocycles. The predicted molar refractivity (Wildman–Crippen MR) is 169 cm³/mol. The van der Waals surface area contributed by atoms with Crippen LogP contribution >= 0.6 is 0 Å². The number of hydrogen-bond donors (Lipinski definition) is 0. The van der Waals surface area contributed by atoms with Gasteiger partial charge in [-0.3, -0.25) is 0 Å². The number of ether oxygens (including phenoxy) is 2. The number of nitrogens with zero attached hydrogens (tertiary/aromatic N) is 1. The average molecular weight is 612 g/mol. The van der Waals surface area contributed by atoms with Crippen molar-refractivity contribution in [1.82, 2.24) is 0 Å². The van der Waals surface area contributed by atoms with Gasteiger partial charge in [-0.1, -0.05) is 69.5 Å². The zero-order valence-electron chi connectivity index (χ0n) is 25.4. The van der Waals surface area contributed by atoms with Gasteiger partial charge in [-0.15, -0.1) is 0 Å². The van der Waals surface area contributed by atoms with Gasteiger partial charge in [0, 0.05) is 27.9 Å². The average Bonchev–Trinajstić information content (AvgIpc) is 3.22. The first kappa shape index (κ1) is 31.3. The van der Waals surface area contributed by atoms with Gasteiger partial charge in [-0.05, 0) is 84.1 Å². The van der Waals surface area contributed by atoms with Crippen LogP contribution in [-0.4, -0.2) is 11.9 Å². The highest BCUT2D eigenvalue weighted by Crippen LogP contribution is 2.51. The molecule has 0 amide bonds. The van der Waals surface area contributed by atoms with Crippen LogP contribution in [0.1, 0.15) is 49.9 Å². The molecule has 0 fully saturated rings. The minimum atomic E-state index is -4.79. The molecule has 1 aliphatic rings. The molecule has 0 saturated carbocycles. The number of anilines is 3. The van der Waals surface area contributed by atoms with Crippen LogP contribution in [0.25, 0.3) is 11.1 Å². The Kier molecular flexibility index (Phi) is 8.19. The van der Waals surface area contributed by atoms with Gasteiger partial charge in [0.05, 0.1) is 11.3 Å². The predicted octanol–water partition coefficient (Wildman–Crippen LogP) is 9.58. The van der Waals surface area contributed by atoms with Crippen molar-refractivity contribution in [3.63, 3.8) is 0 Å². The fourth-order valence-electron chi connectivity index (χ4n) is 5.47. The summed E-state index contributed by atoms with van der Waals surface area (Å²) in [6.45, 7) is 14.2. The zero-order valence-corrected chi connectivity index (χ0v) is 25.4. The minimum absolute atomic E-state index is 0.0200. The number of alkyl halides is 3. The van der Waals surface area contributed by atoms with Gasteiger partial charge in [0.25, 0.3) is 0 Å². The molecule has 0 bridgehead atoms. The highest BCUT2D eigenvalue weighted by molar-refractivity contribution is 5.90. The maximum absolute atomic E-state index is 14.7. The van der Waals surface area contributed by atoms with Crippen LogP contribution < -0.4 is 9.64 Å². The molecular formula is C37H32F3NO4. The van der Waals surface area contributed by atoms with Crippen molar-refractivity contribution in [2.24, 2.45) is 0 Å². The SMILES string of the molecule is C=C(C)C(=O)OCc1ccc(N(c2ccc3c(c2)C(C)(C)c2ccccc2-3)c2ccc(OC(=O)C(=C)C)cc2C(F)(F)F)cc1. The van der Waals surface area contributed by atoms with Crippen LogP contribution in [0.2, 0.25) is 0 Å². The van der Waals surface area contributed by atoms with E-state index in [4.69, 9.17) is 9.47 Å². The molecule has 0 spiro atoms. The lowest BCUT2D eigenvalue weighted by molar-refractivity contribution is -0.140. The summed E-state index contributed by atoms with van der Waals surface area (Å²) in [6.07, 6.45) is -4.79. The highest BCUT2D eigenvalue weighted by atomic mass is 19.4. The lowest BCUT2D eigenvalue weighted by atomic mass is 9.82. The number of halogens is 3. The molecule has 0 atom stereocenters. The number of fused-ring (bicyclic) bond motifs is 3. The first-order chi connectivity index (χ1) is 21.2. The monoisotopic (exact) mass is 611 g/mol. The molecule has 0 N–H and O–H groups in total. The summed E-state index contributed by atoms with van der Waals surface area (Å²) in [5.41, 5.74) is 4.60. The summed E-state index contributed by atoms with van der Waals surface area (Å²) >= 11 is 0. The number of carbonyl (C=O) groups is 2. The van der Waals surface area contributed by atoms with Crippen LogP contribution in [0.4, 0.5) is 30.2 Å². The van der Waals surface area contributed by atoms with Gasteiger partial charge in [0.15, 0.2) is 0 Å². The minimum Gasteiger partial charge on any atom is -0.457 e. The summed E-state index contributed by atoms with van der Waals surface area (Å²) < 4.78 is 54.5. The topological polar surface area (TPSA) is 55.8 Å². The smallest absolute Gasteiger partial charge is 0.418 e. The molecule has 0 radical (unpaired) electrons. The lowest BCUT2D eigenvalue weighted by Gasteiger charge is -2.30. The summed E-state index contributed by atoms with van der Waals surface area (Å²) in [7, 11) is 0. The van der Waals surface area contributed by atoms with E-state index < -0.39 is 29.1 Å². The Morgan fingerprint density at radius 1 is 0.778 bits per heavy atom. The summed E-state index contributed by atoms with van der Waals surface area (Å²) in [5, 5.41) is 0. The third-order valence-corrected chi connectivity index (χ3v) is 7.81. The number of benzene rings is 4. The summed E-state index contributed by atoms with van der Waals surface area (Å²) in [4.78, 5) is 25.5. The van der Waals surface area contributed by atoms with E-state index in [-0.39, 0.29) is 29.2 Å². The van der Waals surface area contributed by atoms with Gasteiger partial charge in [0.1, 0.15) is 12.4 Å². The molecule has 5 rings (SSSR count). The third-order valence-electron chi connectivity index (χ3n) is 7.81. The largest absolute Gasteiger partial charge is 0.457 e. The quantitative estimate of drug-likeness (QED) is 0.113. The molecule has 4 aromatic carbocycles. The molecular weight excluding hydrogens is 579 g/mol. The molecule has 0 unspecified atom stereocenters. The molecule has 0 aromatic heterocycles. The van der Waals surface area contributed by atoms with Crippen LogP contribution in [-0.2, 0) is 32.5 Å². The van der Waals surface area contributed by atoms with Gasteiger partial charge in [-0.25, -0.2) is 9.59 Å². The molecule has 0 aliphatic heterocycles. The van der Waals surface area contributed by atoms with E-state index in [9.17, 15) is 22.8 Å². The molecule has 230 valence electrons. The summed E-state index contributed by atoms with van der Waals surface area (Å²) in [6, 6.07) is 23.9. The van der Waals surface area contributed by atoms with Gasteiger partial charge < -0.3 is 14.4 Å². The van der Waals surface area contributed by atoms with Crippen molar-refractivity contribution in [3.8, 4) is 16.9 Å². The van der Waals surface area contributed by atoms with Crippen molar-refractivity contribution >= 4 is 29.0 Å². The third kappa shape index (κ3) is 6.13. The van der Waals surface area contributed by atoms with E-state index in [1.165, 1.54) is 24.0 Å². The lowest BCUT2D eigenvalue weighted by Crippen LogP contribution is -2.19. The Morgan fingerprint density at radius 2 is 1.40 bits per heavy atom. The Bertz CT molecular complexity index is 1840. The second-order valence-electron chi connectivity index (χ2n) is 11.6. The van der Waals surface area contributed by atoms with E-state index in [1.54, 1.807) is 37.3 Å². The van der Waals surface area contributed by atoms with Gasteiger partial charge in [0.2, 0.25) is 0 Å². The maximum Gasteiger partial charge on any atom is 0.418 e. The first-order valence-electron chi connectivity index (χ1n) is 14.2.